The van der Waals surface area contributed by atoms with Gasteiger partial charge in [0.15, 0.2) is 5.13 Å². The molecule has 6 rings (SSSR count). The summed E-state index contributed by atoms with van der Waals surface area (Å²) in [5.41, 5.74) is 10.5. The van der Waals surface area contributed by atoms with Crippen molar-refractivity contribution >= 4 is 73.5 Å². The van der Waals surface area contributed by atoms with E-state index < -0.39 is 6.04 Å². The standard InChI is InChI=1S/C38H45ClN8O4S2/c1-21-24(4)52-37-33(21)34(27-10-12-28(39)13-11-27)43-31(35-46-45-26(6)47(35)37)20-32(48)41-15-17-51-19-18-50-16-14-40-30-9-7-8-29(22(30)2)36(49)44-38-42-23(3)25(5)53-38/h7-13,31,35,40,46H,14-20H2,1-6H3,(H,41,48)(H,42,44,49)/t31-,35?/m0/s1. The Hall–Kier alpha value is -4.34. The molecule has 0 bridgehead atoms. The molecule has 0 aliphatic carbocycles. The van der Waals surface area contributed by atoms with Crippen molar-refractivity contribution in [2.45, 2.75) is 60.2 Å². The van der Waals surface area contributed by atoms with Crippen LogP contribution in [0.1, 0.15) is 61.4 Å². The van der Waals surface area contributed by atoms with Crippen molar-refractivity contribution in [2.24, 2.45) is 10.1 Å². The molecule has 15 heteroatoms. The summed E-state index contributed by atoms with van der Waals surface area (Å²) < 4.78 is 11.5. The Morgan fingerprint density at radius 1 is 0.906 bits per heavy atom. The van der Waals surface area contributed by atoms with Gasteiger partial charge in [0.25, 0.3) is 5.91 Å². The van der Waals surface area contributed by atoms with Crippen LogP contribution in [-0.2, 0) is 14.3 Å². The third kappa shape index (κ3) is 8.90. The highest BCUT2D eigenvalue weighted by atomic mass is 35.5. The predicted octanol–water partition coefficient (Wildman–Crippen LogP) is 6.59. The molecule has 280 valence electrons. The molecule has 1 unspecified atom stereocenters. The van der Waals surface area contributed by atoms with Crippen LogP contribution in [0.2, 0.25) is 5.02 Å². The summed E-state index contributed by atoms with van der Waals surface area (Å²) in [7, 11) is 0. The molecule has 2 atom stereocenters. The minimum Gasteiger partial charge on any atom is -0.382 e. The van der Waals surface area contributed by atoms with Crippen molar-refractivity contribution in [3.8, 4) is 0 Å². The number of ether oxygens (including phenoxy) is 2. The van der Waals surface area contributed by atoms with E-state index in [9.17, 15) is 9.59 Å². The van der Waals surface area contributed by atoms with Gasteiger partial charge in [0.2, 0.25) is 5.91 Å². The van der Waals surface area contributed by atoms with E-state index >= 15 is 0 Å². The van der Waals surface area contributed by atoms with Gasteiger partial charge in [-0.05, 0) is 76.9 Å². The van der Waals surface area contributed by atoms with E-state index in [2.05, 4.69) is 50.2 Å². The van der Waals surface area contributed by atoms with Crippen LogP contribution in [0.5, 0.6) is 0 Å². The second-order valence-corrected chi connectivity index (χ2v) is 15.8. The molecule has 0 spiro atoms. The van der Waals surface area contributed by atoms with Crippen LogP contribution in [0, 0.1) is 34.6 Å². The zero-order valence-electron chi connectivity index (χ0n) is 30.8. The van der Waals surface area contributed by atoms with Gasteiger partial charge in [-0.1, -0.05) is 29.8 Å². The lowest BCUT2D eigenvalue weighted by molar-refractivity contribution is -0.121. The maximum Gasteiger partial charge on any atom is 0.257 e. The zero-order chi connectivity index (χ0) is 37.6. The number of fused-ring (bicyclic) bond motifs is 3. The fourth-order valence-electron chi connectivity index (χ4n) is 6.21. The average molecular weight is 777 g/mol. The molecule has 53 heavy (non-hydrogen) atoms. The smallest absolute Gasteiger partial charge is 0.257 e. The van der Waals surface area contributed by atoms with Gasteiger partial charge in [-0.25, -0.2) is 4.98 Å². The summed E-state index contributed by atoms with van der Waals surface area (Å²) in [5.74, 6) is 0.536. The Morgan fingerprint density at radius 2 is 1.64 bits per heavy atom. The number of thiophene rings is 1. The maximum absolute atomic E-state index is 13.2. The Morgan fingerprint density at radius 3 is 2.36 bits per heavy atom. The van der Waals surface area contributed by atoms with Crippen LogP contribution in [0.4, 0.5) is 15.8 Å². The third-order valence-corrected chi connectivity index (χ3v) is 11.8. The first-order valence-electron chi connectivity index (χ1n) is 17.6. The van der Waals surface area contributed by atoms with E-state index in [0.29, 0.717) is 55.2 Å². The molecule has 2 aromatic heterocycles. The second kappa shape index (κ2) is 17.2. The first kappa shape index (κ1) is 38.4. The lowest BCUT2D eigenvalue weighted by atomic mass is 9.99. The van der Waals surface area contributed by atoms with E-state index in [1.165, 1.54) is 21.8 Å². The normalized spacial score (nSPS) is 16.2. The number of amides is 2. The van der Waals surface area contributed by atoms with Crippen LogP contribution in [0.15, 0.2) is 52.6 Å². The number of carbonyl (C=O) groups excluding carboxylic acids is 2. The highest BCUT2D eigenvalue weighted by Crippen LogP contribution is 2.42. The predicted molar refractivity (Wildman–Crippen MR) is 216 cm³/mol. The lowest BCUT2D eigenvalue weighted by Gasteiger charge is -2.28. The molecule has 2 aliphatic heterocycles. The fraction of sp³-hybridized carbons (Fsp3) is 0.395. The molecule has 2 aliphatic rings. The molecule has 4 N–H and O–H groups in total. The zero-order valence-corrected chi connectivity index (χ0v) is 33.2. The Kier molecular flexibility index (Phi) is 12.5. The molecule has 2 amide bonds. The molecule has 0 radical (unpaired) electrons. The highest BCUT2D eigenvalue weighted by Gasteiger charge is 2.40. The molecule has 4 heterocycles. The van der Waals surface area contributed by atoms with Crippen molar-refractivity contribution < 1.29 is 19.1 Å². The Labute approximate surface area is 323 Å². The maximum atomic E-state index is 13.2. The number of hydrazone groups is 1. The quantitative estimate of drug-likeness (QED) is 0.0992. The summed E-state index contributed by atoms with van der Waals surface area (Å²) in [5, 5.41) is 16.1. The first-order chi connectivity index (χ1) is 25.5. The summed E-state index contributed by atoms with van der Waals surface area (Å²) in [6, 6.07) is 12.9. The van der Waals surface area contributed by atoms with E-state index in [-0.39, 0.29) is 24.4 Å². The number of rotatable bonds is 15. The van der Waals surface area contributed by atoms with Crippen LogP contribution in [-0.4, -0.2) is 80.1 Å². The number of aromatic nitrogens is 1. The van der Waals surface area contributed by atoms with E-state index in [4.69, 9.17) is 26.1 Å². The number of carbonyl (C=O) groups is 2. The first-order valence-corrected chi connectivity index (χ1v) is 19.6. The molecule has 12 nitrogen and oxygen atoms in total. The van der Waals surface area contributed by atoms with Gasteiger partial charge in [-0.3, -0.25) is 30.2 Å². The number of amidine groups is 1. The molecule has 0 saturated heterocycles. The number of benzene rings is 2. The van der Waals surface area contributed by atoms with Gasteiger partial charge in [-0.15, -0.1) is 22.7 Å². The molecular weight excluding hydrogens is 732 g/mol. The highest BCUT2D eigenvalue weighted by molar-refractivity contribution is 7.17. The van der Waals surface area contributed by atoms with Crippen LogP contribution in [0.25, 0.3) is 0 Å². The van der Waals surface area contributed by atoms with Gasteiger partial charge < -0.3 is 20.1 Å². The molecule has 4 aromatic rings. The van der Waals surface area contributed by atoms with Crippen molar-refractivity contribution in [3.05, 3.63) is 90.8 Å². The summed E-state index contributed by atoms with van der Waals surface area (Å²) >= 11 is 9.41. The van der Waals surface area contributed by atoms with Gasteiger partial charge in [0.05, 0.1) is 50.3 Å². The number of anilines is 3. The van der Waals surface area contributed by atoms with Crippen molar-refractivity contribution in [3.63, 3.8) is 0 Å². The van der Waals surface area contributed by atoms with Gasteiger partial charge in [0.1, 0.15) is 17.0 Å². The molecular formula is C38H45ClN8O4S2. The number of aryl methyl sites for hydroxylation is 3. The second-order valence-electron chi connectivity index (χ2n) is 12.9. The Bertz CT molecular complexity index is 2010. The van der Waals surface area contributed by atoms with Crippen molar-refractivity contribution in [1.29, 1.82) is 0 Å². The summed E-state index contributed by atoms with van der Waals surface area (Å²) in [6.45, 7) is 14.6. The van der Waals surface area contributed by atoms with E-state index in [1.54, 1.807) is 17.4 Å². The van der Waals surface area contributed by atoms with Crippen LogP contribution < -0.4 is 26.3 Å². The number of halogens is 1. The number of hydrogen-bond acceptors (Lipinski definition) is 12. The summed E-state index contributed by atoms with van der Waals surface area (Å²) in [6.07, 6.45) is -0.116. The average Bonchev–Trinajstić information content (AvgIpc) is 3.73. The van der Waals surface area contributed by atoms with Crippen molar-refractivity contribution in [1.82, 2.24) is 15.7 Å². The van der Waals surface area contributed by atoms with Crippen LogP contribution >= 0.6 is 34.3 Å². The van der Waals surface area contributed by atoms with Gasteiger partial charge in [-0.2, -0.15) is 5.10 Å². The minimum absolute atomic E-state index is 0.116. The number of nitrogens with one attached hydrogen (secondary N) is 4. The fourth-order valence-corrected chi connectivity index (χ4v) is 8.39. The van der Waals surface area contributed by atoms with Crippen LogP contribution in [0.3, 0.4) is 0 Å². The van der Waals surface area contributed by atoms with E-state index in [0.717, 1.165) is 49.5 Å². The van der Waals surface area contributed by atoms with Gasteiger partial charge in [0, 0.05) is 50.2 Å². The lowest BCUT2D eigenvalue weighted by Crippen LogP contribution is -2.48. The molecule has 0 fully saturated rings. The van der Waals surface area contributed by atoms with Crippen molar-refractivity contribution in [2.75, 3.05) is 55.1 Å². The monoisotopic (exact) mass is 776 g/mol. The molecule has 0 saturated carbocycles. The topological polar surface area (TPSA) is 142 Å². The van der Waals surface area contributed by atoms with Gasteiger partial charge >= 0.3 is 0 Å². The largest absolute Gasteiger partial charge is 0.382 e. The SMILES string of the molecule is CC1=NNC2[C@H](CC(=O)NCCOCCOCCNc3cccc(C(=O)Nc4nc(C)c(C)s4)c3C)N=C(c3ccc(Cl)cc3)c3c(sc(C)c3C)N12. The molecule has 2 aromatic carbocycles. The number of hydrogen-bond donors (Lipinski definition) is 4. The van der Waals surface area contributed by atoms with E-state index in [1.807, 2.05) is 64.1 Å². The number of thiazole rings is 1. The number of aliphatic imine (C=N–C) groups is 1. The Balaban J connectivity index is 0.932. The third-order valence-electron chi connectivity index (χ3n) is 9.31. The summed E-state index contributed by atoms with van der Waals surface area (Å²) in [4.78, 5) is 40.2. The number of nitrogens with zero attached hydrogens (tertiary/aromatic N) is 4. The minimum atomic E-state index is -0.398.